The highest BCUT2D eigenvalue weighted by Crippen LogP contribution is 2.23. The van der Waals surface area contributed by atoms with Gasteiger partial charge in [0, 0.05) is 31.9 Å². The number of rotatable bonds is 7. The second-order valence-corrected chi connectivity index (χ2v) is 9.29. The van der Waals surface area contributed by atoms with Gasteiger partial charge in [-0.05, 0) is 29.2 Å². The number of hydrogen-bond acceptors (Lipinski definition) is 5. The van der Waals surface area contributed by atoms with Gasteiger partial charge >= 0.3 is 0 Å². The number of carbonyl (C=O) groups is 2. The van der Waals surface area contributed by atoms with E-state index in [0.717, 1.165) is 38.4 Å². The van der Waals surface area contributed by atoms with E-state index in [0.29, 0.717) is 24.3 Å². The predicted molar refractivity (Wildman–Crippen MR) is 123 cm³/mol. The van der Waals surface area contributed by atoms with Crippen LogP contribution in [0.5, 0.6) is 0 Å². The summed E-state index contributed by atoms with van der Waals surface area (Å²) in [6.07, 6.45) is 0.312. The van der Waals surface area contributed by atoms with E-state index in [2.05, 4.69) is 21.6 Å². The second kappa shape index (κ2) is 10.9. The summed E-state index contributed by atoms with van der Waals surface area (Å²) < 4.78 is 19.3. The van der Waals surface area contributed by atoms with Crippen LogP contribution in [0.1, 0.15) is 16.7 Å². The Kier molecular flexibility index (Phi) is 7.78. The predicted octanol–water partition coefficient (Wildman–Crippen LogP) is 2.12. The van der Waals surface area contributed by atoms with Crippen LogP contribution in [0.3, 0.4) is 0 Å². The zero-order valence-electron chi connectivity index (χ0n) is 17.9. The van der Waals surface area contributed by atoms with Crippen molar-refractivity contribution in [2.24, 2.45) is 0 Å². The van der Waals surface area contributed by atoms with Gasteiger partial charge in [-0.1, -0.05) is 42.5 Å². The maximum Gasteiger partial charge on any atom is 0.243 e. The van der Waals surface area contributed by atoms with Crippen molar-refractivity contribution in [3.63, 3.8) is 0 Å². The lowest BCUT2D eigenvalue weighted by molar-refractivity contribution is -0.128. The van der Waals surface area contributed by atoms with Gasteiger partial charge in [0.25, 0.3) is 0 Å². The van der Waals surface area contributed by atoms with Gasteiger partial charge in [-0.3, -0.25) is 14.5 Å². The minimum absolute atomic E-state index is 0.198. The quantitative estimate of drug-likeness (QED) is 0.667. The molecule has 2 aliphatic heterocycles. The van der Waals surface area contributed by atoms with E-state index >= 15 is 0 Å². The van der Waals surface area contributed by atoms with Crippen LogP contribution in [0.4, 0.5) is 4.39 Å². The van der Waals surface area contributed by atoms with Crippen molar-refractivity contribution < 1.29 is 18.7 Å². The molecule has 0 saturated carbocycles. The van der Waals surface area contributed by atoms with Gasteiger partial charge in [0.15, 0.2) is 0 Å². The molecule has 32 heavy (non-hydrogen) atoms. The number of halogens is 1. The number of amides is 2. The van der Waals surface area contributed by atoms with E-state index in [1.165, 1.54) is 23.4 Å². The van der Waals surface area contributed by atoms with Gasteiger partial charge < -0.3 is 15.4 Å². The number of nitrogens with zero attached hydrogens (tertiary/aromatic N) is 1. The lowest BCUT2D eigenvalue weighted by atomic mass is 10.1. The molecular weight excluding hydrogens is 429 g/mol. The summed E-state index contributed by atoms with van der Waals surface area (Å²) in [7, 11) is 0. The fourth-order valence-corrected chi connectivity index (χ4v) is 5.12. The van der Waals surface area contributed by atoms with Crippen molar-refractivity contribution in [2.45, 2.75) is 30.8 Å². The summed E-state index contributed by atoms with van der Waals surface area (Å²) in [5.74, 6) is -0.267. The molecule has 2 atom stereocenters. The minimum Gasteiger partial charge on any atom is -0.379 e. The fraction of sp³-hybridized carbons (Fsp3) is 0.417. The summed E-state index contributed by atoms with van der Waals surface area (Å²) in [6, 6.07) is 14.0. The van der Waals surface area contributed by atoms with E-state index in [4.69, 9.17) is 4.74 Å². The average Bonchev–Trinajstić information content (AvgIpc) is 2.81. The molecule has 2 aromatic rings. The first-order valence-corrected chi connectivity index (χ1v) is 11.9. The zero-order chi connectivity index (χ0) is 22.3. The molecule has 6 nitrogen and oxygen atoms in total. The van der Waals surface area contributed by atoms with Crippen LogP contribution in [0.25, 0.3) is 0 Å². The molecule has 2 amide bonds. The number of benzene rings is 2. The monoisotopic (exact) mass is 457 g/mol. The second-order valence-electron chi connectivity index (χ2n) is 8.05. The number of hydrogen-bond donors (Lipinski definition) is 2. The van der Waals surface area contributed by atoms with E-state index in [1.54, 1.807) is 18.2 Å². The summed E-state index contributed by atoms with van der Waals surface area (Å²) in [5, 5.41) is 5.38. The molecule has 2 N–H and O–H groups in total. The van der Waals surface area contributed by atoms with Crippen LogP contribution in [0.2, 0.25) is 0 Å². The molecule has 0 spiro atoms. The standard InChI is InChI=1S/C24H28FN3O3S/c25-20-8-4-3-5-17(20)13-22-24(30)27-21(16-32-22)23(29)26-14-18-6-1-2-7-19(18)15-28-9-11-31-12-10-28/h1-8,21-22H,9-16H2,(H,26,29)(H,27,30)/t21-,22-/m0/s1. The van der Waals surface area contributed by atoms with Crippen LogP contribution in [0.15, 0.2) is 48.5 Å². The van der Waals surface area contributed by atoms with Crippen LogP contribution in [-0.4, -0.2) is 60.1 Å². The molecule has 0 unspecified atom stereocenters. The van der Waals surface area contributed by atoms with E-state index in [-0.39, 0.29) is 17.6 Å². The molecule has 0 bridgehead atoms. The van der Waals surface area contributed by atoms with Crippen molar-refractivity contribution in [1.82, 2.24) is 15.5 Å². The first-order chi connectivity index (χ1) is 15.6. The Morgan fingerprint density at radius 1 is 1.09 bits per heavy atom. The van der Waals surface area contributed by atoms with Crippen molar-refractivity contribution in [1.29, 1.82) is 0 Å². The molecule has 2 aromatic carbocycles. The van der Waals surface area contributed by atoms with Gasteiger partial charge in [-0.15, -0.1) is 11.8 Å². The van der Waals surface area contributed by atoms with Crippen LogP contribution in [0, 0.1) is 5.82 Å². The topological polar surface area (TPSA) is 70.7 Å². The first-order valence-electron chi connectivity index (χ1n) is 10.9. The van der Waals surface area contributed by atoms with Crippen molar-refractivity contribution in [3.05, 3.63) is 71.0 Å². The molecule has 170 valence electrons. The highest BCUT2D eigenvalue weighted by atomic mass is 32.2. The maximum atomic E-state index is 13.9. The summed E-state index contributed by atoms with van der Waals surface area (Å²) in [6.45, 7) is 4.53. The van der Waals surface area contributed by atoms with Crippen molar-refractivity contribution in [3.8, 4) is 0 Å². The van der Waals surface area contributed by atoms with Crippen LogP contribution < -0.4 is 10.6 Å². The third-order valence-electron chi connectivity index (χ3n) is 5.82. The molecule has 0 aromatic heterocycles. The van der Waals surface area contributed by atoms with E-state index in [9.17, 15) is 14.0 Å². The van der Waals surface area contributed by atoms with Crippen molar-refractivity contribution in [2.75, 3.05) is 32.1 Å². The van der Waals surface area contributed by atoms with Crippen molar-refractivity contribution >= 4 is 23.6 Å². The zero-order valence-corrected chi connectivity index (χ0v) is 18.7. The van der Waals surface area contributed by atoms with Crippen LogP contribution in [-0.2, 0) is 33.8 Å². The minimum atomic E-state index is -0.587. The van der Waals surface area contributed by atoms with Crippen LogP contribution >= 0.6 is 11.8 Å². The Hall–Kier alpha value is -2.42. The summed E-state index contributed by atoms with van der Waals surface area (Å²) >= 11 is 1.40. The Balaban J connectivity index is 1.29. The van der Waals surface area contributed by atoms with E-state index in [1.807, 2.05) is 18.2 Å². The van der Waals surface area contributed by atoms with Gasteiger partial charge in [-0.25, -0.2) is 4.39 Å². The lowest BCUT2D eigenvalue weighted by Crippen LogP contribution is -2.54. The van der Waals surface area contributed by atoms with Gasteiger partial charge in [0.2, 0.25) is 11.8 Å². The molecule has 2 saturated heterocycles. The number of nitrogens with one attached hydrogen (secondary N) is 2. The molecule has 2 heterocycles. The molecule has 8 heteroatoms. The average molecular weight is 458 g/mol. The third kappa shape index (κ3) is 5.88. The number of carbonyl (C=O) groups excluding carboxylic acids is 2. The van der Waals surface area contributed by atoms with E-state index < -0.39 is 11.3 Å². The van der Waals surface area contributed by atoms with Gasteiger partial charge in [0.1, 0.15) is 11.9 Å². The van der Waals surface area contributed by atoms with Gasteiger partial charge in [-0.2, -0.15) is 0 Å². The highest BCUT2D eigenvalue weighted by Gasteiger charge is 2.32. The summed E-state index contributed by atoms with van der Waals surface area (Å²) in [4.78, 5) is 27.6. The largest absolute Gasteiger partial charge is 0.379 e. The SMILES string of the molecule is O=C(NCc1ccccc1CN1CCOCC1)[C@@H]1CS[C@@H](Cc2ccccc2F)C(=O)N1. The fourth-order valence-electron chi connectivity index (χ4n) is 3.94. The molecule has 4 rings (SSSR count). The first kappa shape index (κ1) is 22.8. The third-order valence-corrected chi connectivity index (χ3v) is 7.13. The number of morpholine rings is 1. The molecule has 2 fully saturated rings. The van der Waals surface area contributed by atoms with Gasteiger partial charge in [0.05, 0.1) is 18.5 Å². The Morgan fingerprint density at radius 2 is 1.78 bits per heavy atom. The maximum absolute atomic E-state index is 13.9. The normalized spacial score (nSPS) is 21.7. The Labute approximate surface area is 191 Å². The molecule has 0 radical (unpaired) electrons. The Morgan fingerprint density at radius 3 is 2.50 bits per heavy atom. The smallest absolute Gasteiger partial charge is 0.243 e. The lowest BCUT2D eigenvalue weighted by Gasteiger charge is -2.29. The molecule has 0 aliphatic carbocycles. The molecule has 2 aliphatic rings. The summed E-state index contributed by atoms with van der Waals surface area (Å²) in [5.41, 5.74) is 2.76. The number of ether oxygens (including phenoxy) is 1. The Bertz CT molecular complexity index is 952. The molecular formula is C24H28FN3O3S. The highest BCUT2D eigenvalue weighted by molar-refractivity contribution is 8.00. The number of thioether (sulfide) groups is 1.